The lowest BCUT2D eigenvalue weighted by atomic mass is 10.1. The average molecular weight is 389 g/mol. The minimum atomic E-state index is -3.53. The highest BCUT2D eigenvalue weighted by Gasteiger charge is 2.17. The maximum absolute atomic E-state index is 13.7. The van der Waals surface area contributed by atoms with Crippen LogP contribution in [0.4, 0.5) is 4.39 Å². The number of aryl methyl sites for hydroxylation is 1. The molecule has 0 spiro atoms. The monoisotopic (exact) mass is 389 g/mol. The first-order valence-corrected chi connectivity index (χ1v) is 9.65. The Hall–Kier alpha value is -2.71. The van der Waals surface area contributed by atoms with E-state index in [0.717, 1.165) is 10.00 Å². The molecule has 3 rings (SSSR count). The molecule has 27 heavy (non-hydrogen) atoms. The van der Waals surface area contributed by atoms with E-state index in [2.05, 4.69) is 5.10 Å². The standard InChI is InChI=1S/C19H20FN3O3S/c1-22(2)27(24,25)16-6-4-5-14(11-16)13-26-19-12-15(20)7-8-17(19)18-9-10-21-23(18)3/h4-12H,13H2,1-3H3. The number of ether oxygens (including phenoxy) is 1. The minimum absolute atomic E-state index is 0.102. The molecule has 6 nitrogen and oxygen atoms in total. The van der Waals surface area contributed by atoms with E-state index in [4.69, 9.17) is 4.74 Å². The van der Waals surface area contributed by atoms with Crippen molar-refractivity contribution in [2.24, 2.45) is 7.05 Å². The molecule has 0 unspecified atom stereocenters. The summed E-state index contributed by atoms with van der Waals surface area (Å²) in [7, 11) is 1.21. The number of benzene rings is 2. The highest BCUT2D eigenvalue weighted by molar-refractivity contribution is 7.89. The van der Waals surface area contributed by atoms with Crippen molar-refractivity contribution in [1.29, 1.82) is 0 Å². The van der Waals surface area contributed by atoms with E-state index >= 15 is 0 Å². The molecule has 8 heteroatoms. The number of hydrogen-bond donors (Lipinski definition) is 0. The summed E-state index contributed by atoms with van der Waals surface area (Å²) in [5, 5.41) is 4.13. The third-order valence-corrected chi connectivity index (χ3v) is 5.92. The van der Waals surface area contributed by atoms with Gasteiger partial charge in [0.15, 0.2) is 0 Å². The lowest BCUT2D eigenvalue weighted by Gasteiger charge is -2.14. The third-order valence-electron chi connectivity index (χ3n) is 4.11. The molecule has 0 N–H and O–H groups in total. The number of sulfonamides is 1. The van der Waals surface area contributed by atoms with E-state index in [-0.39, 0.29) is 11.5 Å². The van der Waals surface area contributed by atoms with Crippen molar-refractivity contribution >= 4 is 10.0 Å². The molecule has 0 aliphatic heterocycles. The topological polar surface area (TPSA) is 64.4 Å². The largest absolute Gasteiger partial charge is 0.488 e. The van der Waals surface area contributed by atoms with Crippen molar-refractivity contribution in [3.63, 3.8) is 0 Å². The van der Waals surface area contributed by atoms with E-state index in [9.17, 15) is 12.8 Å². The van der Waals surface area contributed by atoms with Crippen LogP contribution in [0.3, 0.4) is 0 Å². The van der Waals surface area contributed by atoms with Gasteiger partial charge in [0, 0.05) is 39.0 Å². The van der Waals surface area contributed by atoms with Gasteiger partial charge in [0.1, 0.15) is 18.2 Å². The van der Waals surface area contributed by atoms with Crippen LogP contribution in [0.1, 0.15) is 5.56 Å². The second-order valence-electron chi connectivity index (χ2n) is 6.20. The zero-order valence-corrected chi connectivity index (χ0v) is 16.1. The SMILES string of the molecule is CN(C)S(=O)(=O)c1cccc(COc2cc(F)ccc2-c2ccnn2C)c1. The van der Waals surface area contributed by atoms with Gasteiger partial charge < -0.3 is 4.74 Å². The summed E-state index contributed by atoms with van der Waals surface area (Å²) in [4.78, 5) is 0.180. The maximum Gasteiger partial charge on any atom is 0.242 e. The molecule has 1 aromatic heterocycles. The van der Waals surface area contributed by atoms with Crippen LogP contribution in [-0.4, -0.2) is 36.6 Å². The van der Waals surface area contributed by atoms with E-state index in [1.807, 2.05) is 6.07 Å². The highest BCUT2D eigenvalue weighted by Crippen LogP contribution is 2.31. The van der Waals surface area contributed by atoms with Crippen molar-refractivity contribution in [1.82, 2.24) is 14.1 Å². The first kappa shape index (κ1) is 19.1. The second-order valence-corrected chi connectivity index (χ2v) is 8.36. The van der Waals surface area contributed by atoms with Gasteiger partial charge in [-0.2, -0.15) is 5.10 Å². The summed E-state index contributed by atoms with van der Waals surface area (Å²) >= 11 is 0. The van der Waals surface area contributed by atoms with Crippen molar-refractivity contribution in [2.45, 2.75) is 11.5 Å². The molecule has 0 fully saturated rings. The quantitative estimate of drug-likeness (QED) is 0.650. The van der Waals surface area contributed by atoms with Crippen LogP contribution in [-0.2, 0) is 23.7 Å². The molecule has 0 amide bonds. The number of halogens is 1. The predicted octanol–water partition coefficient (Wildman–Crippen LogP) is 3.06. The van der Waals surface area contributed by atoms with Crippen molar-refractivity contribution in [3.05, 3.63) is 66.1 Å². The van der Waals surface area contributed by atoms with Gasteiger partial charge in [0.05, 0.1) is 10.6 Å². The first-order chi connectivity index (χ1) is 12.8. The van der Waals surface area contributed by atoms with Crippen LogP contribution in [0.2, 0.25) is 0 Å². The van der Waals surface area contributed by atoms with E-state index in [1.54, 1.807) is 42.2 Å². The van der Waals surface area contributed by atoms with Crippen molar-refractivity contribution < 1.29 is 17.5 Å². The molecule has 3 aromatic rings. The van der Waals surface area contributed by atoms with Crippen LogP contribution in [0.5, 0.6) is 5.75 Å². The third kappa shape index (κ3) is 4.01. The molecule has 1 heterocycles. The summed E-state index contributed by atoms with van der Waals surface area (Å²) in [5.41, 5.74) is 2.15. The zero-order chi connectivity index (χ0) is 19.6. The van der Waals surface area contributed by atoms with Crippen LogP contribution >= 0.6 is 0 Å². The van der Waals surface area contributed by atoms with Gasteiger partial charge in [-0.1, -0.05) is 12.1 Å². The molecule has 0 atom stereocenters. The molecule has 0 aliphatic carbocycles. The Labute approximate surface area is 157 Å². The Kier molecular flexibility index (Phi) is 5.29. The highest BCUT2D eigenvalue weighted by atomic mass is 32.2. The Bertz CT molecular complexity index is 1060. The minimum Gasteiger partial charge on any atom is -0.488 e. The van der Waals surface area contributed by atoms with Crippen LogP contribution < -0.4 is 4.74 Å². The average Bonchev–Trinajstić information content (AvgIpc) is 3.06. The molecule has 0 bridgehead atoms. The smallest absolute Gasteiger partial charge is 0.242 e. The Morgan fingerprint density at radius 1 is 1.15 bits per heavy atom. The fourth-order valence-electron chi connectivity index (χ4n) is 2.63. The van der Waals surface area contributed by atoms with Crippen LogP contribution in [0.25, 0.3) is 11.3 Å². The van der Waals surface area contributed by atoms with E-state index in [1.165, 1.54) is 32.3 Å². The van der Waals surface area contributed by atoms with Crippen molar-refractivity contribution in [2.75, 3.05) is 14.1 Å². The van der Waals surface area contributed by atoms with Gasteiger partial charge in [-0.3, -0.25) is 4.68 Å². The van der Waals surface area contributed by atoms with Gasteiger partial charge in [0.25, 0.3) is 0 Å². The summed E-state index contributed by atoms with van der Waals surface area (Å²) < 4.78 is 46.9. The predicted molar refractivity (Wildman–Crippen MR) is 100 cm³/mol. The fraction of sp³-hybridized carbons (Fsp3) is 0.211. The van der Waals surface area contributed by atoms with Gasteiger partial charge in [-0.15, -0.1) is 0 Å². The van der Waals surface area contributed by atoms with Gasteiger partial charge in [0.2, 0.25) is 10.0 Å². The molecule has 2 aromatic carbocycles. The molecular formula is C19H20FN3O3S. The Balaban J connectivity index is 1.88. The number of aromatic nitrogens is 2. The van der Waals surface area contributed by atoms with Gasteiger partial charge in [-0.05, 0) is 35.9 Å². The lowest BCUT2D eigenvalue weighted by Crippen LogP contribution is -2.22. The zero-order valence-electron chi connectivity index (χ0n) is 15.3. The maximum atomic E-state index is 13.7. The summed E-state index contributed by atoms with van der Waals surface area (Å²) in [5.74, 6) is -0.0562. The number of rotatable bonds is 6. The van der Waals surface area contributed by atoms with E-state index < -0.39 is 15.8 Å². The Morgan fingerprint density at radius 3 is 2.59 bits per heavy atom. The summed E-state index contributed by atoms with van der Waals surface area (Å²) in [6, 6.07) is 12.6. The van der Waals surface area contributed by atoms with E-state index in [0.29, 0.717) is 16.9 Å². The normalized spacial score (nSPS) is 11.7. The molecular weight excluding hydrogens is 369 g/mol. The number of nitrogens with zero attached hydrogens (tertiary/aromatic N) is 3. The Morgan fingerprint density at radius 2 is 1.93 bits per heavy atom. The first-order valence-electron chi connectivity index (χ1n) is 8.21. The van der Waals surface area contributed by atoms with Crippen LogP contribution in [0, 0.1) is 5.82 Å². The van der Waals surface area contributed by atoms with Crippen LogP contribution in [0.15, 0.2) is 59.6 Å². The van der Waals surface area contributed by atoms with Crippen molar-refractivity contribution in [3.8, 4) is 17.0 Å². The van der Waals surface area contributed by atoms with Gasteiger partial charge in [-0.25, -0.2) is 17.1 Å². The molecule has 0 radical (unpaired) electrons. The molecule has 0 saturated carbocycles. The molecule has 142 valence electrons. The number of hydrogen-bond acceptors (Lipinski definition) is 4. The molecule has 0 saturated heterocycles. The summed E-state index contributed by atoms with van der Waals surface area (Å²) in [6.07, 6.45) is 1.65. The summed E-state index contributed by atoms with van der Waals surface area (Å²) in [6.45, 7) is 0.102. The molecule has 0 aliphatic rings. The second kappa shape index (κ2) is 7.50. The van der Waals surface area contributed by atoms with Gasteiger partial charge >= 0.3 is 0 Å². The fourth-order valence-corrected chi connectivity index (χ4v) is 3.61. The lowest BCUT2D eigenvalue weighted by molar-refractivity contribution is 0.305.